The van der Waals surface area contributed by atoms with Crippen molar-refractivity contribution in [2.24, 2.45) is 5.92 Å². The first-order valence-corrected chi connectivity index (χ1v) is 16.5. The minimum absolute atomic E-state index is 0.0151. The summed E-state index contributed by atoms with van der Waals surface area (Å²) in [5.41, 5.74) is -0.507. The second kappa shape index (κ2) is 12.8. The van der Waals surface area contributed by atoms with Crippen LogP contribution in [-0.4, -0.2) is 95.9 Å². The van der Waals surface area contributed by atoms with Gasteiger partial charge in [-0.3, -0.25) is 14.6 Å². The van der Waals surface area contributed by atoms with Crippen molar-refractivity contribution in [3.05, 3.63) is 53.4 Å². The number of nitrogens with zero attached hydrogens (tertiary/aromatic N) is 5. The van der Waals surface area contributed by atoms with Crippen LogP contribution < -0.4 is 4.74 Å². The van der Waals surface area contributed by atoms with Crippen LogP contribution in [0.1, 0.15) is 33.6 Å². The van der Waals surface area contributed by atoms with Gasteiger partial charge >= 0.3 is 6.03 Å². The number of para-hydroxylation sites is 1. The number of sulfone groups is 1. The average Bonchev–Trinajstić information content (AvgIpc) is 3.50. The minimum Gasteiger partial charge on any atom is -0.454 e. The number of imide groups is 1. The van der Waals surface area contributed by atoms with Crippen LogP contribution in [0.2, 0.25) is 5.02 Å². The molecule has 0 spiro atoms. The molecule has 2 aromatic carbocycles. The Morgan fingerprint density at radius 1 is 1.05 bits per heavy atom. The van der Waals surface area contributed by atoms with Crippen LogP contribution in [0.4, 0.5) is 4.79 Å². The first kappa shape index (κ1) is 31.9. The summed E-state index contributed by atoms with van der Waals surface area (Å²) in [5.74, 6) is 0.307. The monoisotopic (exact) mass is 645 g/mol. The van der Waals surface area contributed by atoms with E-state index in [1.54, 1.807) is 55.1 Å². The molecule has 0 bridgehead atoms. The molecular weight excluding hydrogens is 610 g/mol. The van der Waals surface area contributed by atoms with Crippen LogP contribution in [0.3, 0.4) is 0 Å². The normalized spacial score (nSPS) is 17.6. The summed E-state index contributed by atoms with van der Waals surface area (Å²) in [6, 6.07) is 10.8. The van der Waals surface area contributed by atoms with Gasteiger partial charge in [-0.25, -0.2) is 13.2 Å². The number of carbonyl (C=O) groups is 2. The number of hydrogen-bond donors (Lipinski definition) is 0. The van der Waals surface area contributed by atoms with Gasteiger partial charge in [-0.2, -0.15) is 4.98 Å². The summed E-state index contributed by atoms with van der Waals surface area (Å²) < 4.78 is 42.5. The maximum atomic E-state index is 13.3. The molecule has 2 saturated heterocycles. The lowest BCUT2D eigenvalue weighted by molar-refractivity contribution is -0.132. The van der Waals surface area contributed by atoms with Crippen LogP contribution in [0.5, 0.6) is 11.5 Å². The largest absolute Gasteiger partial charge is 0.454 e. The summed E-state index contributed by atoms with van der Waals surface area (Å²) in [6.45, 7) is 10.9. The third-order valence-corrected chi connectivity index (χ3v) is 9.97. The van der Waals surface area contributed by atoms with Crippen LogP contribution in [0.25, 0.3) is 11.4 Å². The van der Waals surface area contributed by atoms with E-state index < -0.39 is 21.4 Å². The van der Waals surface area contributed by atoms with Gasteiger partial charge in [-0.1, -0.05) is 42.7 Å². The summed E-state index contributed by atoms with van der Waals surface area (Å²) in [4.78, 5) is 35.9. The van der Waals surface area contributed by atoms with E-state index in [-0.39, 0.29) is 57.3 Å². The number of rotatable bonds is 11. The predicted molar refractivity (Wildman–Crippen MR) is 162 cm³/mol. The maximum Gasteiger partial charge on any atom is 0.328 e. The Morgan fingerprint density at radius 3 is 2.48 bits per heavy atom. The van der Waals surface area contributed by atoms with Gasteiger partial charge in [0.2, 0.25) is 11.7 Å². The highest BCUT2D eigenvalue weighted by Crippen LogP contribution is 2.36. The van der Waals surface area contributed by atoms with E-state index in [9.17, 15) is 18.0 Å². The molecule has 2 aliphatic heterocycles. The first-order chi connectivity index (χ1) is 20.9. The van der Waals surface area contributed by atoms with E-state index in [0.717, 1.165) is 18.0 Å². The van der Waals surface area contributed by atoms with Crippen molar-refractivity contribution in [1.82, 2.24) is 24.8 Å². The molecule has 3 aromatic rings. The molecule has 2 fully saturated rings. The van der Waals surface area contributed by atoms with Gasteiger partial charge < -0.3 is 18.9 Å². The fraction of sp³-hybridized carbons (Fsp3) is 0.467. The highest BCUT2D eigenvalue weighted by molar-refractivity contribution is 7.91. The molecule has 44 heavy (non-hydrogen) atoms. The molecule has 3 heterocycles. The lowest BCUT2D eigenvalue weighted by atomic mass is 10.0. The molecule has 0 N–H and O–H groups in total. The highest BCUT2D eigenvalue weighted by Gasteiger charge is 2.51. The third kappa shape index (κ3) is 6.75. The standard InChI is InChI=1S/C30H36ClN5O7S/c1-20(2)19-44(39,40)25-8-6-5-7-24(25)42-23-10-9-21(17-22(23)31)27-32-26(43-33-27)18-35-28(37)30(3,4)36(29(35)38)12-11-34-13-15-41-16-14-34/h5-10,17,20H,11-16,18-19H2,1-4H3. The molecule has 3 amide bonds. The van der Waals surface area contributed by atoms with Gasteiger partial charge in [0.05, 0.1) is 24.0 Å². The highest BCUT2D eigenvalue weighted by atomic mass is 35.5. The first-order valence-electron chi connectivity index (χ1n) is 14.4. The molecular formula is C30H36ClN5O7S. The number of hydrogen-bond acceptors (Lipinski definition) is 10. The zero-order valence-electron chi connectivity index (χ0n) is 25.2. The summed E-state index contributed by atoms with van der Waals surface area (Å²) in [5, 5.41) is 4.22. The van der Waals surface area contributed by atoms with E-state index in [1.807, 2.05) is 13.8 Å². The number of halogens is 1. The molecule has 12 nitrogen and oxygen atoms in total. The van der Waals surface area contributed by atoms with Crippen molar-refractivity contribution < 1.29 is 32.0 Å². The van der Waals surface area contributed by atoms with Crippen molar-refractivity contribution in [1.29, 1.82) is 0 Å². The molecule has 0 saturated carbocycles. The van der Waals surface area contributed by atoms with Crippen molar-refractivity contribution in [3.63, 3.8) is 0 Å². The van der Waals surface area contributed by atoms with Crippen LogP contribution >= 0.6 is 11.6 Å². The van der Waals surface area contributed by atoms with Gasteiger partial charge in [0.1, 0.15) is 28.5 Å². The topological polar surface area (TPSA) is 135 Å². The van der Waals surface area contributed by atoms with Gasteiger partial charge in [0.15, 0.2) is 9.84 Å². The number of carbonyl (C=O) groups excluding carboxylic acids is 2. The molecule has 0 unspecified atom stereocenters. The predicted octanol–water partition coefficient (Wildman–Crippen LogP) is 4.49. The molecule has 2 aliphatic rings. The number of urea groups is 1. The van der Waals surface area contributed by atoms with Crippen LogP contribution in [0.15, 0.2) is 51.9 Å². The quantitative estimate of drug-likeness (QED) is 0.275. The fourth-order valence-corrected chi connectivity index (χ4v) is 7.21. The molecule has 1 aromatic heterocycles. The number of benzene rings is 2. The number of amides is 3. The lowest BCUT2D eigenvalue weighted by Crippen LogP contribution is -2.48. The van der Waals surface area contributed by atoms with Crippen molar-refractivity contribution in [2.45, 2.75) is 44.7 Å². The minimum atomic E-state index is -3.57. The Balaban J connectivity index is 1.27. The molecule has 0 aliphatic carbocycles. The summed E-state index contributed by atoms with van der Waals surface area (Å²) in [7, 11) is -3.57. The number of morpholine rings is 1. The van der Waals surface area contributed by atoms with E-state index in [0.29, 0.717) is 31.9 Å². The average molecular weight is 646 g/mol. The van der Waals surface area contributed by atoms with E-state index in [1.165, 1.54) is 6.07 Å². The van der Waals surface area contributed by atoms with Crippen molar-refractivity contribution in [2.75, 3.05) is 45.1 Å². The van der Waals surface area contributed by atoms with E-state index >= 15 is 0 Å². The van der Waals surface area contributed by atoms with E-state index in [4.69, 9.17) is 25.6 Å². The van der Waals surface area contributed by atoms with Crippen LogP contribution in [-0.2, 0) is 25.9 Å². The smallest absolute Gasteiger partial charge is 0.328 e. The summed E-state index contributed by atoms with van der Waals surface area (Å²) >= 11 is 6.52. The maximum absolute atomic E-state index is 13.3. The Kier molecular flexibility index (Phi) is 9.30. The Morgan fingerprint density at radius 2 is 1.77 bits per heavy atom. The molecule has 236 valence electrons. The molecule has 0 radical (unpaired) electrons. The summed E-state index contributed by atoms with van der Waals surface area (Å²) in [6.07, 6.45) is 0. The fourth-order valence-electron chi connectivity index (χ4n) is 5.23. The van der Waals surface area contributed by atoms with Gasteiger partial charge in [-0.05, 0) is 50.1 Å². The number of ether oxygens (including phenoxy) is 2. The van der Waals surface area contributed by atoms with Crippen molar-refractivity contribution in [3.8, 4) is 22.9 Å². The second-order valence-corrected chi connectivity index (χ2v) is 14.1. The number of aromatic nitrogens is 2. The Labute approximate surface area is 261 Å². The third-order valence-electron chi connectivity index (χ3n) is 7.56. The van der Waals surface area contributed by atoms with Gasteiger partial charge in [0, 0.05) is 31.7 Å². The van der Waals surface area contributed by atoms with Crippen molar-refractivity contribution >= 4 is 33.4 Å². The molecule has 0 atom stereocenters. The van der Waals surface area contributed by atoms with E-state index in [2.05, 4.69) is 15.0 Å². The van der Waals surface area contributed by atoms with Gasteiger partial charge in [0.25, 0.3) is 5.91 Å². The lowest BCUT2D eigenvalue weighted by Gasteiger charge is -2.32. The Hall–Kier alpha value is -3.52. The zero-order valence-corrected chi connectivity index (χ0v) is 26.7. The zero-order chi connectivity index (χ0) is 31.6. The molecule has 5 rings (SSSR count). The SMILES string of the molecule is CC(C)CS(=O)(=O)c1ccccc1Oc1ccc(-c2noc(CN3C(=O)N(CCN4CCOCC4)C(C)(C)C3=O)n2)cc1Cl. The molecule has 14 heteroatoms. The Bertz CT molecular complexity index is 1640. The second-order valence-electron chi connectivity index (χ2n) is 11.7. The van der Waals surface area contributed by atoms with Crippen LogP contribution in [0, 0.1) is 5.92 Å². The van der Waals surface area contributed by atoms with Gasteiger partial charge in [-0.15, -0.1) is 0 Å².